The van der Waals surface area contributed by atoms with Crippen LogP contribution in [-0.4, -0.2) is 5.71 Å². The molecule has 0 fully saturated rings. The second-order valence-corrected chi connectivity index (χ2v) is 8.68. The molecule has 2 rings (SSSR count). The molecule has 0 aromatic carbocycles. The zero-order valence-corrected chi connectivity index (χ0v) is 20.0. The lowest BCUT2D eigenvalue weighted by atomic mass is 9.87. The number of unbranched alkanes of at least 4 members (excludes halogenated alkanes) is 1. The molecule has 0 saturated heterocycles. The van der Waals surface area contributed by atoms with E-state index in [4.69, 9.17) is 4.99 Å². The number of rotatable bonds is 10. The number of aliphatic imine (C=N–C) groups is 1. The Bertz CT molecular complexity index is 749. The van der Waals surface area contributed by atoms with Gasteiger partial charge in [0, 0.05) is 17.8 Å². The van der Waals surface area contributed by atoms with Crippen molar-refractivity contribution >= 4 is 5.71 Å². The first kappa shape index (κ1) is 23.6. The highest BCUT2D eigenvalue weighted by Gasteiger charge is 2.24. The van der Waals surface area contributed by atoms with Crippen molar-refractivity contribution in [2.75, 3.05) is 0 Å². The van der Waals surface area contributed by atoms with Crippen molar-refractivity contribution in [1.82, 2.24) is 0 Å². The maximum atomic E-state index is 5.02. The van der Waals surface area contributed by atoms with E-state index in [1.165, 1.54) is 54.7 Å². The summed E-state index contributed by atoms with van der Waals surface area (Å²) < 4.78 is 0. The summed E-state index contributed by atoms with van der Waals surface area (Å²) in [6.45, 7) is 13.7. The molecular formula is C28H43N. The molecular weight excluding hydrogens is 350 g/mol. The van der Waals surface area contributed by atoms with Gasteiger partial charge in [0.1, 0.15) is 0 Å². The first-order valence-electron chi connectivity index (χ1n) is 12.1. The summed E-state index contributed by atoms with van der Waals surface area (Å²) in [6.07, 6.45) is 20.1. The van der Waals surface area contributed by atoms with Crippen molar-refractivity contribution < 1.29 is 0 Å². The van der Waals surface area contributed by atoms with E-state index in [-0.39, 0.29) is 0 Å². The fraction of sp³-hybridized carbons (Fsp3) is 0.607. The van der Waals surface area contributed by atoms with Gasteiger partial charge in [-0.1, -0.05) is 75.5 Å². The van der Waals surface area contributed by atoms with E-state index < -0.39 is 0 Å². The minimum atomic E-state index is 1.03. The van der Waals surface area contributed by atoms with Gasteiger partial charge in [-0.15, -0.1) is 0 Å². The van der Waals surface area contributed by atoms with Crippen LogP contribution in [0.5, 0.6) is 0 Å². The van der Waals surface area contributed by atoms with Crippen LogP contribution in [0.25, 0.3) is 0 Å². The van der Waals surface area contributed by atoms with Crippen LogP contribution in [-0.2, 0) is 0 Å². The van der Waals surface area contributed by atoms with Crippen molar-refractivity contribution in [2.24, 2.45) is 4.99 Å². The molecule has 160 valence electrons. The second-order valence-electron chi connectivity index (χ2n) is 8.68. The Morgan fingerprint density at radius 1 is 1.07 bits per heavy atom. The number of hydrogen-bond acceptors (Lipinski definition) is 1. The Morgan fingerprint density at radius 3 is 2.52 bits per heavy atom. The fourth-order valence-corrected chi connectivity index (χ4v) is 4.72. The Morgan fingerprint density at radius 2 is 1.86 bits per heavy atom. The van der Waals surface area contributed by atoms with Gasteiger partial charge in [-0.3, -0.25) is 4.99 Å². The lowest BCUT2D eigenvalue weighted by molar-refractivity contribution is 0.859. The van der Waals surface area contributed by atoms with E-state index in [9.17, 15) is 0 Å². The first-order chi connectivity index (χ1) is 14.0. The van der Waals surface area contributed by atoms with Gasteiger partial charge in [0.15, 0.2) is 0 Å². The average Bonchev–Trinajstić information content (AvgIpc) is 3.09. The molecule has 0 spiro atoms. The van der Waals surface area contributed by atoms with Crippen molar-refractivity contribution in [3.63, 3.8) is 0 Å². The Kier molecular flexibility index (Phi) is 9.91. The largest absolute Gasteiger partial charge is 0.262 e. The van der Waals surface area contributed by atoms with Gasteiger partial charge in [0.2, 0.25) is 0 Å². The molecule has 0 amide bonds. The average molecular weight is 394 g/mol. The van der Waals surface area contributed by atoms with E-state index in [0.29, 0.717) is 0 Å². The van der Waals surface area contributed by atoms with Gasteiger partial charge < -0.3 is 0 Å². The molecule has 0 bridgehead atoms. The van der Waals surface area contributed by atoms with Gasteiger partial charge >= 0.3 is 0 Å². The molecule has 1 heterocycles. The van der Waals surface area contributed by atoms with Crippen LogP contribution in [0, 0.1) is 0 Å². The first-order valence-corrected chi connectivity index (χ1v) is 12.1. The predicted octanol–water partition coefficient (Wildman–Crippen LogP) is 9.20. The van der Waals surface area contributed by atoms with E-state index in [0.717, 1.165) is 38.5 Å². The maximum absolute atomic E-state index is 5.02. The summed E-state index contributed by atoms with van der Waals surface area (Å²) in [6, 6.07) is 0. The number of allylic oxidation sites excluding steroid dienone is 10. The molecule has 0 N–H and O–H groups in total. The Hall–Kier alpha value is -1.63. The van der Waals surface area contributed by atoms with Crippen LogP contribution in [0.15, 0.2) is 62.4 Å². The third-order valence-corrected chi connectivity index (χ3v) is 6.33. The van der Waals surface area contributed by atoms with E-state index in [1.54, 1.807) is 22.3 Å². The molecule has 1 aliphatic carbocycles. The topological polar surface area (TPSA) is 12.4 Å². The zero-order valence-electron chi connectivity index (χ0n) is 20.0. The highest BCUT2D eigenvalue weighted by atomic mass is 14.8. The molecule has 29 heavy (non-hydrogen) atoms. The zero-order chi connectivity index (χ0) is 21.2. The Balaban J connectivity index is 2.52. The lowest BCUT2D eigenvalue weighted by Crippen LogP contribution is -2.01. The highest BCUT2D eigenvalue weighted by molar-refractivity contribution is 5.87. The number of hydrogen-bond donors (Lipinski definition) is 0. The normalized spacial score (nSPS) is 19.0. The summed E-state index contributed by atoms with van der Waals surface area (Å²) >= 11 is 0. The number of nitrogens with zero attached hydrogens (tertiary/aromatic N) is 1. The van der Waals surface area contributed by atoms with Crippen molar-refractivity contribution in [2.45, 2.75) is 112 Å². The summed E-state index contributed by atoms with van der Waals surface area (Å²) in [7, 11) is 0. The van der Waals surface area contributed by atoms with Crippen molar-refractivity contribution in [1.29, 1.82) is 0 Å². The minimum Gasteiger partial charge on any atom is -0.262 e. The van der Waals surface area contributed by atoms with Gasteiger partial charge in [0.25, 0.3) is 0 Å². The summed E-state index contributed by atoms with van der Waals surface area (Å²) in [5, 5.41) is 0. The molecule has 0 aromatic rings. The summed E-state index contributed by atoms with van der Waals surface area (Å²) in [4.78, 5) is 5.02. The fourth-order valence-electron chi connectivity index (χ4n) is 4.72. The standard InChI is InChI=1S/C28H43N/c1-7-11-12-15-25(19-18-23(9-3)21(5)14-8-2)28-24(10-4)20-22(6)29-27-17-13-16-26(27)28/h12,15,19H,7-11,13-14,16-18,20H2,1-6H3/b15-12+,23-21+,25-19+. The molecule has 0 radical (unpaired) electrons. The van der Waals surface area contributed by atoms with Crippen LogP contribution in [0.2, 0.25) is 0 Å². The van der Waals surface area contributed by atoms with Crippen LogP contribution in [0.1, 0.15) is 112 Å². The van der Waals surface area contributed by atoms with Gasteiger partial charge in [-0.25, -0.2) is 0 Å². The van der Waals surface area contributed by atoms with Crippen molar-refractivity contribution in [3.8, 4) is 0 Å². The molecule has 2 aliphatic rings. The third kappa shape index (κ3) is 6.43. The molecule has 1 aliphatic heterocycles. The predicted molar refractivity (Wildman–Crippen MR) is 131 cm³/mol. The highest BCUT2D eigenvalue weighted by Crippen LogP contribution is 2.41. The van der Waals surface area contributed by atoms with Crippen LogP contribution in [0.3, 0.4) is 0 Å². The van der Waals surface area contributed by atoms with Crippen molar-refractivity contribution in [3.05, 3.63) is 57.4 Å². The molecule has 0 atom stereocenters. The van der Waals surface area contributed by atoms with Gasteiger partial charge in [-0.2, -0.15) is 0 Å². The lowest BCUT2D eigenvalue weighted by Gasteiger charge is -2.17. The van der Waals surface area contributed by atoms with Crippen LogP contribution in [0.4, 0.5) is 0 Å². The summed E-state index contributed by atoms with van der Waals surface area (Å²) in [5.74, 6) is 0. The van der Waals surface area contributed by atoms with E-state index in [1.807, 2.05) is 0 Å². The molecule has 1 nitrogen and oxygen atoms in total. The Labute approximate surface area is 180 Å². The monoisotopic (exact) mass is 393 g/mol. The quantitative estimate of drug-likeness (QED) is 0.259. The van der Waals surface area contributed by atoms with E-state index >= 15 is 0 Å². The third-order valence-electron chi connectivity index (χ3n) is 6.33. The van der Waals surface area contributed by atoms with Crippen LogP contribution < -0.4 is 0 Å². The maximum Gasteiger partial charge on any atom is 0.0441 e. The van der Waals surface area contributed by atoms with Gasteiger partial charge in [0.05, 0.1) is 0 Å². The van der Waals surface area contributed by atoms with Gasteiger partial charge in [-0.05, 0) is 81.9 Å². The smallest absolute Gasteiger partial charge is 0.0441 e. The molecule has 0 unspecified atom stereocenters. The summed E-state index contributed by atoms with van der Waals surface area (Å²) in [5.41, 5.74) is 12.0. The molecule has 1 heteroatoms. The molecule has 0 aromatic heterocycles. The van der Waals surface area contributed by atoms with Crippen LogP contribution >= 0.6 is 0 Å². The SMILES string of the molecule is CCC/C=C/C(=C\C/C(CC)=C(\C)CCC)C1=C(CC)CC(C)=NC2=C1CCC2. The van der Waals surface area contributed by atoms with E-state index in [2.05, 4.69) is 59.8 Å². The molecule has 0 saturated carbocycles. The second kappa shape index (κ2) is 12.2. The minimum absolute atomic E-state index is 1.03.